The maximum absolute atomic E-state index is 13.2. The van der Waals surface area contributed by atoms with Crippen LogP contribution in [0.5, 0.6) is 5.75 Å². The van der Waals surface area contributed by atoms with Gasteiger partial charge in [0.2, 0.25) is 0 Å². The summed E-state index contributed by atoms with van der Waals surface area (Å²) in [5, 5.41) is 4.61. The monoisotopic (exact) mass is 407 g/mol. The van der Waals surface area contributed by atoms with Crippen LogP contribution in [-0.2, 0) is 4.79 Å². The molecule has 0 unspecified atom stereocenters. The first-order valence-electron chi connectivity index (χ1n) is 8.85. The van der Waals surface area contributed by atoms with Crippen LogP contribution in [0.4, 0.5) is 11.4 Å². The van der Waals surface area contributed by atoms with E-state index in [1.807, 2.05) is 5.38 Å². The van der Waals surface area contributed by atoms with E-state index in [1.54, 1.807) is 60.7 Å². The van der Waals surface area contributed by atoms with E-state index in [0.29, 0.717) is 27.6 Å². The molecule has 1 aromatic heterocycles. The smallest absolute Gasteiger partial charge is 0.265 e. The third kappa shape index (κ3) is 3.83. The van der Waals surface area contributed by atoms with Crippen LogP contribution in [0, 0.1) is 0 Å². The molecule has 0 saturated carbocycles. The zero-order chi connectivity index (χ0) is 20.4. The van der Waals surface area contributed by atoms with Crippen LogP contribution >= 0.6 is 11.3 Å². The van der Waals surface area contributed by atoms with E-state index in [4.69, 9.17) is 10.5 Å². The number of fused-ring (bicyclic) bond motifs is 1. The Morgan fingerprint density at radius 2 is 1.90 bits per heavy atom. The van der Waals surface area contributed by atoms with Gasteiger partial charge in [-0.2, -0.15) is 0 Å². The van der Waals surface area contributed by atoms with Crippen LogP contribution in [0.3, 0.4) is 0 Å². The summed E-state index contributed by atoms with van der Waals surface area (Å²) in [7, 11) is 0. The Morgan fingerprint density at radius 1 is 1.07 bits per heavy atom. The van der Waals surface area contributed by atoms with Crippen molar-refractivity contribution < 1.29 is 19.1 Å². The number of nitrogens with two attached hydrogens (primary N) is 1. The van der Waals surface area contributed by atoms with Crippen LogP contribution in [0.1, 0.15) is 20.0 Å². The van der Waals surface area contributed by atoms with Gasteiger partial charge < -0.3 is 20.7 Å². The largest absolute Gasteiger partial charge is 0.477 e. The van der Waals surface area contributed by atoms with Gasteiger partial charge >= 0.3 is 0 Å². The van der Waals surface area contributed by atoms with Crippen molar-refractivity contribution in [2.24, 2.45) is 5.73 Å². The van der Waals surface area contributed by atoms with Crippen LogP contribution in [0.25, 0.3) is 0 Å². The van der Waals surface area contributed by atoms with Gasteiger partial charge in [0.1, 0.15) is 5.75 Å². The molecule has 0 bridgehead atoms. The number of amides is 3. The fourth-order valence-corrected chi connectivity index (χ4v) is 3.68. The van der Waals surface area contributed by atoms with Crippen molar-refractivity contribution in [1.82, 2.24) is 0 Å². The maximum atomic E-state index is 13.2. The number of anilines is 2. The molecule has 29 heavy (non-hydrogen) atoms. The Hall–Kier alpha value is -3.65. The second kappa shape index (κ2) is 7.76. The van der Waals surface area contributed by atoms with Crippen molar-refractivity contribution in [1.29, 1.82) is 0 Å². The molecule has 0 radical (unpaired) electrons. The predicted molar refractivity (Wildman–Crippen MR) is 110 cm³/mol. The molecule has 146 valence electrons. The molecule has 3 amide bonds. The number of hydrogen-bond donors (Lipinski definition) is 2. The number of nitrogens with zero attached hydrogens (tertiary/aromatic N) is 1. The Kier molecular flexibility index (Phi) is 5.01. The lowest BCUT2D eigenvalue weighted by atomic mass is 10.1. The Morgan fingerprint density at radius 3 is 2.66 bits per heavy atom. The first kappa shape index (κ1) is 18.7. The summed E-state index contributed by atoms with van der Waals surface area (Å²) in [5.41, 5.74) is 6.83. The second-order valence-corrected chi connectivity index (χ2v) is 7.35. The van der Waals surface area contributed by atoms with Gasteiger partial charge in [0.15, 0.2) is 6.10 Å². The molecule has 0 saturated heterocycles. The topological polar surface area (TPSA) is 102 Å². The number of hydrogen-bond acceptors (Lipinski definition) is 5. The molecule has 8 heteroatoms. The maximum Gasteiger partial charge on any atom is 0.265 e. The number of thiophene rings is 1. The van der Waals surface area contributed by atoms with E-state index in [-0.39, 0.29) is 18.4 Å². The number of ether oxygens (including phenoxy) is 1. The number of carbonyl (C=O) groups is 3. The van der Waals surface area contributed by atoms with Crippen molar-refractivity contribution in [3.63, 3.8) is 0 Å². The molecular weight excluding hydrogens is 390 g/mol. The lowest BCUT2D eigenvalue weighted by Gasteiger charge is -2.33. The molecule has 1 aliphatic rings. The SMILES string of the molecule is NC(=O)[C@@H]1CN(C(=O)c2cccc(NC(=O)c3cccs3)c2)c2ccccc2O1. The first-order chi connectivity index (χ1) is 14.0. The van der Waals surface area contributed by atoms with E-state index >= 15 is 0 Å². The number of benzene rings is 2. The van der Waals surface area contributed by atoms with Crippen molar-refractivity contribution in [2.45, 2.75) is 6.10 Å². The van der Waals surface area contributed by atoms with Crippen molar-refractivity contribution in [2.75, 3.05) is 16.8 Å². The zero-order valence-electron chi connectivity index (χ0n) is 15.2. The lowest BCUT2D eigenvalue weighted by molar-refractivity contribution is -0.124. The third-order valence-electron chi connectivity index (χ3n) is 4.45. The summed E-state index contributed by atoms with van der Waals surface area (Å²) in [5.74, 6) is -0.790. The van der Waals surface area contributed by atoms with Gasteiger partial charge in [-0.1, -0.05) is 24.3 Å². The average Bonchev–Trinajstić information content (AvgIpc) is 3.27. The summed E-state index contributed by atoms with van der Waals surface area (Å²) in [6.45, 7) is 0.0109. The minimum absolute atomic E-state index is 0.0109. The standard InChI is InChI=1S/C21H17N3O4S/c22-19(25)17-12-24(15-7-1-2-8-16(15)28-17)21(27)13-5-3-6-14(11-13)23-20(26)18-9-4-10-29-18/h1-11,17H,12H2,(H2,22,25)(H,23,26)/t17-/m0/s1. The average molecular weight is 407 g/mol. The highest BCUT2D eigenvalue weighted by molar-refractivity contribution is 7.12. The van der Waals surface area contributed by atoms with Crippen LogP contribution in [-0.4, -0.2) is 30.4 Å². The molecule has 3 aromatic rings. The number of para-hydroxylation sites is 2. The Labute approximate surface area is 170 Å². The van der Waals surface area contributed by atoms with E-state index < -0.39 is 12.0 Å². The van der Waals surface area contributed by atoms with Gasteiger partial charge in [0, 0.05) is 11.3 Å². The number of carbonyl (C=O) groups excluding carboxylic acids is 3. The number of rotatable bonds is 4. The number of primary amides is 1. The normalized spacial score (nSPS) is 15.2. The minimum Gasteiger partial charge on any atom is -0.477 e. The molecule has 0 spiro atoms. The Bertz CT molecular complexity index is 1080. The van der Waals surface area contributed by atoms with Gasteiger partial charge in [-0.15, -0.1) is 11.3 Å². The molecule has 1 atom stereocenters. The van der Waals surface area contributed by atoms with Gasteiger partial charge in [-0.3, -0.25) is 14.4 Å². The first-order valence-corrected chi connectivity index (χ1v) is 9.72. The van der Waals surface area contributed by atoms with Gasteiger partial charge in [-0.05, 0) is 41.8 Å². The van der Waals surface area contributed by atoms with E-state index in [1.165, 1.54) is 16.2 Å². The van der Waals surface area contributed by atoms with Crippen molar-refractivity contribution in [3.05, 3.63) is 76.5 Å². The molecule has 0 fully saturated rings. The molecule has 3 N–H and O–H groups in total. The van der Waals surface area contributed by atoms with Crippen LogP contribution < -0.4 is 20.7 Å². The summed E-state index contributed by atoms with van der Waals surface area (Å²) in [6, 6.07) is 17.1. The zero-order valence-corrected chi connectivity index (χ0v) is 16.0. The van der Waals surface area contributed by atoms with Gasteiger partial charge in [0.25, 0.3) is 17.7 Å². The molecule has 4 rings (SSSR count). The lowest BCUT2D eigenvalue weighted by Crippen LogP contribution is -2.49. The van der Waals surface area contributed by atoms with Crippen molar-refractivity contribution in [3.8, 4) is 5.75 Å². The Balaban J connectivity index is 1.61. The number of nitrogens with one attached hydrogen (secondary N) is 1. The highest BCUT2D eigenvalue weighted by Crippen LogP contribution is 2.34. The predicted octanol–water partition coefficient (Wildman–Crippen LogP) is 2.89. The summed E-state index contributed by atoms with van der Waals surface area (Å²) < 4.78 is 5.60. The van der Waals surface area contributed by atoms with E-state index in [2.05, 4.69) is 5.32 Å². The fourth-order valence-electron chi connectivity index (χ4n) is 3.06. The molecule has 2 heterocycles. The molecule has 0 aliphatic carbocycles. The van der Waals surface area contributed by atoms with E-state index in [0.717, 1.165) is 0 Å². The van der Waals surface area contributed by atoms with Crippen LogP contribution in [0.15, 0.2) is 66.0 Å². The summed E-state index contributed by atoms with van der Waals surface area (Å²) in [4.78, 5) is 39.2. The minimum atomic E-state index is -0.935. The third-order valence-corrected chi connectivity index (χ3v) is 5.32. The summed E-state index contributed by atoms with van der Waals surface area (Å²) >= 11 is 1.33. The second-order valence-electron chi connectivity index (χ2n) is 6.40. The van der Waals surface area contributed by atoms with E-state index in [9.17, 15) is 14.4 Å². The molecule has 7 nitrogen and oxygen atoms in total. The van der Waals surface area contributed by atoms with Gasteiger partial charge in [0.05, 0.1) is 17.1 Å². The van der Waals surface area contributed by atoms with Crippen LogP contribution in [0.2, 0.25) is 0 Å². The molecule has 1 aliphatic heterocycles. The molecular formula is C21H17N3O4S. The quantitative estimate of drug-likeness (QED) is 0.694. The summed E-state index contributed by atoms with van der Waals surface area (Å²) in [6.07, 6.45) is -0.935. The highest BCUT2D eigenvalue weighted by Gasteiger charge is 2.33. The fraction of sp³-hybridized carbons (Fsp3) is 0.0952. The van der Waals surface area contributed by atoms with Crippen molar-refractivity contribution >= 4 is 40.4 Å². The molecule has 2 aromatic carbocycles. The highest BCUT2D eigenvalue weighted by atomic mass is 32.1. The van der Waals surface area contributed by atoms with Gasteiger partial charge in [-0.25, -0.2) is 0 Å².